The number of hydrogen-bond donors (Lipinski definition) is 2. The Kier molecular flexibility index (Phi) is 4.79. The molecule has 2 aromatic carbocycles. The van der Waals surface area contributed by atoms with E-state index in [1.54, 1.807) is 0 Å². The van der Waals surface area contributed by atoms with E-state index < -0.39 is 5.63 Å². The summed E-state index contributed by atoms with van der Waals surface area (Å²) in [5.74, 6) is 0.657. The van der Waals surface area contributed by atoms with Gasteiger partial charge in [-0.25, -0.2) is 4.79 Å². The molecule has 0 radical (unpaired) electrons. The van der Waals surface area contributed by atoms with E-state index in [0.29, 0.717) is 24.5 Å². The summed E-state index contributed by atoms with van der Waals surface area (Å²) in [6.45, 7) is 6.82. The Morgan fingerprint density at radius 3 is 2.44 bits per heavy atom. The summed E-state index contributed by atoms with van der Waals surface area (Å²) >= 11 is 0. The Labute approximate surface area is 147 Å². The van der Waals surface area contributed by atoms with Crippen LogP contribution in [0, 0.1) is 0 Å². The maximum Gasteiger partial charge on any atom is 0.336 e. The van der Waals surface area contributed by atoms with Crippen LogP contribution in [0.5, 0.6) is 5.75 Å². The first kappa shape index (κ1) is 17.1. The standard InChI is InChI=1S/C21H23NO3/c1-4-14-9-18-16(10-21(24)25-20(18)11-19(14)23)12-22-17-7-5-15(6-8-17)13(2)3/h5-11,13,22-23H,4,12H2,1-3H3. The predicted molar refractivity (Wildman–Crippen MR) is 101 cm³/mol. The van der Waals surface area contributed by atoms with Gasteiger partial charge in [0.15, 0.2) is 0 Å². The van der Waals surface area contributed by atoms with Crippen LogP contribution in [0.15, 0.2) is 51.7 Å². The lowest BCUT2D eigenvalue weighted by Crippen LogP contribution is -2.06. The van der Waals surface area contributed by atoms with Crippen LogP contribution in [0.3, 0.4) is 0 Å². The second-order valence-corrected chi connectivity index (χ2v) is 6.55. The highest BCUT2D eigenvalue weighted by Gasteiger charge is 2.10. The summed E-state index contributed by atoms with van der Waals surface area (Å²) in [4.78, 5) is 11.8. The van der Waals surface area contributed by atoms with Crippen LogP contribution in [0.25, 0.3) is 11.0 Å². The number of phenols is 1. The van der Waals surface area contributed by atoms with Gasteiger partial charge in [-0.05, 0) is 47.2 Å². The highest BCUT2D eigenvalue weighted by atomic mass is 16.4. The van der Waals surface area contributed by atoms with Crippen molar-refractivity contribution in [3.63, 3.8) is 0 Å². The largest absolute Gasteiger partial charge is 0.508 e. The van der Waals surface area contributed by atoms with Crippen molar-refractivity contribution < 1.29 is 9.52 Å². The van der Waals surface area contributed by atoms with E-state index in [1.807, 2.05) is 25.1 Å². The molecule has 4 heteroatoms. The Bertz CT molecular complexity index is 940. The highest BCUT2D eigenvalue weighted by molar-refractivity contribution is 5.83. The zero-order valence-electron chi connectivity index (χ0n) is 14.8. The van der Waals surface area contributed by atoms with E-state index in [4.69, 9.17) is 4.42 Å². The quantitative estimate of drug-likeness (QED) is 0.657. The lowest BCUT2D eigenvalue weighted by Gasteiger charge is -2.11. The van der Waals surface area contributed by atoms with Gasteiger partial charge in [0, 0.05) is 29.8 Å². The molecule has 130 valence electrons. The van der Waals surface area contributed by atoms with Crippen LogP contribution >= 0.6 is 0 Å². The van der Waals surface area contributed by atoms with Crippen molar-refractivity contribution in [1.82, 2.24) is 0 Å². The molecule has 0 atom stereocenters. The Hall–Kier alpha value is -2.75. The second-order valence-electron chi connectivity index (χ2n) is 6.55. The van der Waals surface area contributed by atoms with Gasteiger partial charge >= 0.3 is 5.63 Å². The first-order chi connectivity index (χ1) is 12.0. The van der Waals surface area contributed by atoms with Crippen molar-refractivity contribution >= 4 is 16.7 Å². The van der Waals surface area contributed by atoms with Gasteiger partial charge in [-0.2, -0.15) is 0 Å². The zero-order chi connectivity index (χ0) is 18.0. The molecule has 0 aliphatic rings. The lowest BCUT2D eigenvalue weighted by atomic mass is 10.0. The van der Waals surface area contributed by atoms with Crippen molar-refractivity contribution in [3.8, 4) is 5.75 Å². The third-order valence-corrected chi connectivity index (χ3v) is 4.47. The number of fused-ring (bicyclic) bond motifs is 1. The number of aromatic hydroxyl groups is 1. The molecule has 0 bridgehead atoms. The molecule has 2 N–H and O–H groups in total. The van der Waals surface area contributed by atoms with E-state index in [1.165, 1.54) is 17.7 Å². The number of rotatable bonds is 5. The van der Waals surface area contributed by atoms with Gasteiger partial charge < -0.3 is 14.8 Å². The van der Waals surface area contributed by atoms with Crippen LogP contribution in [0.1, 0.15) is 43.4 Å². The molecule has 0 unspecified atom stereocenters. The Morgan fingerprint density at radius 1 is 1.08 bits per heavy atom. The lowest BCUT2D eigenvalue weighted by molar-refractivity contribution is 0.466. The van der Waals surface area contributed by atoms with Gasteiger partial charge in [-0.15, -0.1) is 0 Å². The Balaban J connectivity index is 1.91. The number of anilines is 1. The van der Waals surface area contributed by atoms with Crippen LogP contribution in [-0.4, -0.2) is 5.11 Å². The number of nitrogens with one attached hydrogen (secondary N) is 1. The normalized spacial score (nSPS) is 11.2. The molecule has 1 aromatic heterocycles. The smallest absolute Gasteiger partial charge is 0.336 e. The average Bonchev–Trinajstić information content (AvgIpc) is 2.59. The molecule has 0 saturated heterocycles. The maximum absolute atomic E-state index is 11.8. The molecule has 4 nitrogen and oxygen atoms in total. The molecule has 25 heavy (non-hydrogen) atoms. The first-order valence-electron chi connectivity index (χ1n) is 8.60. The summed E-state index contributed by atoms with van der Waals surface area (Å²) in [5, 5.41) is 14.2. The third-order valence-electron chi connectivity index (χ3n) is 4.47. The van der Waals surface area contributed by atoms with Gasteiger partial charge in [0.05, 0.1) is 0 Å². The number of benzene rings is 2. The molecule has 0 aliphatic carbocycles. The molecule has 0 spiro atoms. The van der Waals surface area contributed by atoms with Crippen molar-refractivity contribution in [2.75, 3.05) is 5.32 Å². The summed E-state index contributed by atoms with van der Waals surface area (Å²) < 4.78 is 5.23. The highest BCUT2D eigenvalue weighted by Crippen LogP contribution is 2.27. The molecular formula is C21H23NO3. The fraction of sp³-hybridized carbons (Fsp3) is 0.286. The minimum absolute atomic E-state index is 0.160. The molecular weight excluding hydrogens is 314 g/mol. The van der Waals surface area contributed by atoms with Gasteiger partial charge in [-0.3, -0.25) is 0 Å². The van der Waals surface area contributed by atoms with Crippen molar-refractivity contribution in [2.45, 2.75) is 39.7 Å². The van der Waals surface area contributed by atoms with Crippen LogP contribution in [0.4, 0.5) is 5.69 Å². The summed E-state index contributed by atoms with van der Waals surface area (Å²) in [6.07, 6.45) is 0.713. The zero-order valence-corrected chi connectivity index (χ0v) is 14.8. The minimum atomic E-state index is -0.414. The fourth-order valence-electron chi connectivity index (χ4n) is 2.92. The maximum atomic E-state index is 11.8. The molecule has 3 rings (SSSR count). The van der Waals surface area contributed by atoms with E-state index in [-0.39, 0.29) is 5.75 Å². The number of aryl methyl sites for hydroxylation is 1. The fourth-order valence-corrected chi connectivity index (χ4v) is 2.92. The minimum Gasteiger partial charge on any atom is -0.508 e. The van der Waals surface area contributed by atoms with E-state index >= 15 is 0 Å². The van der Waals surface area contributed by atoms with Crippen LogP contribution < -0.4 is 10.9 Å². The summed E-state index contributed by atoms with van der Waals surface area (Å²) in [7, 11) is 0. The molecule has 1 heterocycles. The van der Waals surface area contributed by atoms with Crippen molar-refractivity contribution in [3.05, 3.63) is 69.6 Å². The van der Waals surface area contributed by atoms with Crippen LogP contribution in [-0.2, 0) is 13.0 Å². The van der Waals surface area contributed by atoms with E-state index in [9.17, 15) is 9.90 Å². The monoisotopic (exact) mass is 337 g/mol. The Morgan fingerprint density at radius 2 is 1.80 bits per heavy atom. The second kappa shape index (κ2) is 7.01. The van der Waals surface area contributed by atoms with E-state index in [0.717, 1.165) is 22.2 Å². The van der Waals surface area contributed by atoms with Gasteiger partial charge in [0.2, 0.25) is 0 Å². The first-order valence-corrected chi connectivity index (χ1v) is 8.60. The van der Waals surface area contributed by atoms with Gasteiger partial charge in [-0.1, -0.05) is 32.9 Å². The third kappa shape index (κ3) is 3.68. The summed E-state index contributed by atoms with van der Waals surface area (Å²) in [6, 6.07) is 13.2. The molecule has 0 saturated carbocycles. The van der Waals surface area contributed by atoms with E-state index in [2.05, 4.69) is 31.3 Å². The number of phenolic OH excluding ortho intramolecular Hbond substituents is 1. The molecule has 0 fully saturated rings. The SMILES string of the molecule is CCc1cc2c(CNc3ccc(C(C)C)cc3)cc(=O)oc2cc1O. The average molecular weight is 337 g/mol. The van der Waals surface area contributed by atoms with Gasteiger partial charge in [0.25, 0.3) is 0 Å². The molecule has 0 aliphatic heterocycles. The van der Waals surface area contributed by atoms with Crippen molar-refractivity contribution in [1.29, 1.82) is 0 Å². The van der Waals surface area contributed by atoms with Crippen LogP contribution in [0.2, 0.25) is 0 Å². The molecule has 3 aromatic rings. The number of hydrogen-bond acceptors (Lipinski definition) is 4. The molecule has 0 amide bonds. The topological polar surface area (TPSA) is 62.5 Å². The van der Waals surface area contributed by atoms with Gasteiger partial charge in [0.1, 0.15) is 11.3 Å². The summed E-state index contributed by atoms with van der Waals surface area (Å²) in [5.41, 5.74) is 3.98. The van der Waals surface area contributed by atoms with Crippen molar-refractivity contribution in [2.24, 2.45) is 0 Å². The predicted octanol–water partition coefficient (Wildman–Crippen LogP) is 4.80.